The highest BCUT2D eigenvalue weighted by molar-refractivity contribution is 5.38. The zero-order valence-electron chi connectivity index (χ0n) is 9.19. The lowest BCUT2D eigenvalue weighted by atomic mass is 10.0. The van der Waals surface area contributed by atoms with Gasteiger partial charge in [-0.1, -0.05) is 13.3 Å². The summed E-state index contributed by atoms with van der Waals surface area (Å²) in [6.07, 6.45) is 7.19. The molecule has 1 atom stereocenters. The molecule has 0 saturated carbocycles. The zero-order chi connectivity index (χ0) is 10.7. The van der Waals surface area contributed by atoms with Gasteiger partial charge in [0.15, 0.2) is 0 Å². The van der Waals surface area contributed by atoms with Crippen LogP contribution in [0, 0.1) is 5.92 Å². The highest BCUT2D eigenvalue weighted by Crippen LogP contribution is 2.23. The minimum atomic E-state index is 0.628. The number of nitrogens with zero attached hydrogens (tertiary/aromatic N) is 3. The van der Waals surface area contributed by atoms with Crippen LogP contribution in [0.5, 0.6) is 0 Å². The molecule has 2 heterocycles. The number of hydrogen-bond donors (Lipinski definition) is 1. The molecule has 1 saturated heterocycles. The third kappa shape index (κ3) is 2.37. The summed E-state index contributed by atoms with van der Waals surface area (Å²) in [6, 6.07) is 0. The van der Waals surface area contributed by atoms with E-state index in [0.29, 0.717) is 5.69 Å². The second-order valence-corrected chi connectivity index (χ2v) is 4.21. The van der Waals surface area contributed by atoms with Gasteiger partial charge in [0.05, 0.1) is 18.1 Å². The second-order valence-electron chi connectivity index (χ2n) is 4.21. The van der Waals surface area contributed by atoms with E-state index in [-0.39, 0.29) is 0 Å². The van der Waals surface area contributed by atoms with Crippen molar-refractivity contribution in [2.75, 3.05) is 23.7 Å². The lowest BCUT2D eigenvalue weighted by Crippen LogP contribution is -2.21. The van der Waals surface area contributed by atoms with Gasteiger partial charge in [0.1, 0.15) is 0 Å². The second kappa shape index (κ2) is 4.47. The Bertz CT molecular complexity index is 309. The summed E-state index contributed by atoms with van der Waals surface area (Å²) in [5, 5.41) is 0. The first-order valence-electron chi connectivity index (χ1n) is 5.62. The molecule has 1 fully saturated rings. The molecule has 1 unspecified atom stereocenters. The van der Waals surface area contributed by atoms with Crippen molar-refractivity contribution in [1.82, 2.24) is 9.97 Å². The molecule has 1 aromatic rings. The molecule has 2 rings (SSSR count). The molecule has 1 aliphatic rings. The van der Waals surface area contributed by atoms with Crippen LogP contribution in [-0.4, -0.2) is 23.1 Å². The Morgan fingerprint density at radius 1 is 1.47 bits per heavy atom. The summed E-state index contributed by atoms with van der Waals surface area (Å²) in [4.78, 5) is 10.7. The molecular formula is C11H18N4. The van der Waals surface area contributed by atoms with Gasteiger partial charge in [-0.05, 0) is 18.8 Å². The van der Waals surface area contributed by atoms with E-state index >= 15 is 0 Å². The normalized spacial score (nSPS) is 20.9. The first-order valence-corrected chi connectivity index (χ1v) is 5.62. The van der Waals surface area contributed by atoms with Crippen LogP contribution < -0.4 is 10.6 Å². The van der Waals surface area contributed by atoms with Crippen molar-refractivity contribution in [3.05, 3.63) is 12.4 Å². The zero-order valence-corrected chi connectivity index (χ0v) is 9.19. The van der Waals surface area contributed by atoms with Crippen LogP contribution in [0.4, 0.5) is 11.6 Å². The SMILES string of the molecule is CCCC1CCN(c2ncc(N)cn2)C1. The van der Waals surface area contributed by atoms with E-state index < -0.39 is 0 Å². The van der Waals surface area contributed by atoms with Crippen molar-refractivity contribution >= 4 is 11.6 Å². The van der Waals surface area contributed by atoms with Crippen molar-refractivity contribution < 1.29 is 0 Å². The van der Waals surface area contributed by atoms with Crippen LogP contribution in [0.1, 0.15) is 26.2 Å². The highest BCUT2D eigenvalue weighted by atomic mass is 15.3. The number of nitrogens with two attached hydrogens (primary N) is 1. The van der Waals surface area contributed by atoms with Crippen LogP contribution >= 0.6 is 0 Å². The maximum absolute atomic E-state index is 5.56. The molecule has 0 radical (unpaired) electrons. The van der Waals surface area contributed by atoms with Crippen molar-refractivity contribution in [3.8, 4) is 0 Å². The topological polar surface area (TPSA) is 55.0 Å². The van der Waals surface area contributed by atoms with Gasteiger partial charge in [0.25, 0.3) is 0 Å². The standard InChI is InChI=1S/C11H18N4/c1-2-3-9-4-5-15(8-9)11-13-6-10(12)7-14-11/h6-7,9H,2-5,8,12H2,1H3. The largest absolute Gasteiger partial charge is 0.396 e. The minimum absolute atomic E-state index is 0.628. The van der Waals surface area contributed by atoms with Gasteiger partial charge < -0.3 is 10.6 Å². The maximum atomic E-state index is 5.56. The third-order valence-electron chi connectivity index (χ3n) is 2.92. The predicted octanol–water partition coefficient (Wildman–Crippen LogP) is 1.69. The molecule has 2 N–H and O–H groups in total. The summed E-state index contributed by atoms with van der Waals surface area (Å²) in [5.41, 5.74) is 6.18. The Balaban J connectivity index is 1.98. The predicted molar refractivity (Wildman–Crippen MR) is 61.7 cm³/mol. The number of hydrogen-bond acceptors (Lipinski definition) is 4. The molecule has 1 aromatic heterocycles. The molecule has 4 nitrogen and oxygen atoms in total. The molecule has 15 heavy (non-hydrogen) atoms. The van der Waals surface area contributed by atoms with Gasteiger partial charge in [-0.2, -0.15) is 0 Å². The summed E-state index contributed by atoms with van der Waals surface area (Å²) in [5.74, 6) is 1.64. The fourth-order valence-corrected chi connectivity index (χ4v) is 2.15. The summed E-state index contributed by atoms with van der Waals surface area (Å²) in [7, 11) is 0. The number of rotatable bonds is 3. The van der Waals surface area contributed by atoms with Gasteiger partial charge in [0, 0.05) is 13.1 Å². The van der Waals surface area contributed by atoms with Gasteiger partial charge in [-0.3, -0.25) is 0 Å². The van der Waals surface area contributed by atoms with Gasteiger partial charge in [-0.25, -0.2) is 9.97 Å². The average Bonchev–Trinajstić information content (AvgIpc) is 2.68. The van der Waals surface area contributed by atoms with E-state index in [1.165, 1.54) is 19.3 Å². The molecule has 0 spiro atoms. The van der Waals surface area contributed by atoms with Crippen LogP contribution in [0.3, 0.4) is 0 Å². The lowest BCUT2D eigenvalue weighted by molar-refractivity contribution is 0.529. The van der Waals surface area contributed by atoms with Crippen LogP contribution in [0.2, 0.25) is 0 Å². The Kier molecular flexibility index (Phi) is 3.04. The Morgan fingerprint density at radius 3 is 2.87 bits per heavy atom. The molecule has 0 amide bonds. The van der Waals surface area contributed by atoms with Crippen LogP contribution in [0.15, 0.2) is 12.4 Å². The van der Waals surface area contributed by atoms with E-state index in [1.807, 2.05) is 0 Å². The van der Waals surface area contributed by atoms with E-state index in [1.54, 1.807) is 12.4 Å². The fourth-order valence-electron chi connectivity index (χ4n) is 2.15. The molecule has 0 aliphatic carbocycles. The van der Waals surface area contributed by atoms with Crippen molar-refractivity contribution in [1.29, 1.82) is 0 Å². The van der Waals surface area contributed by atoms with E-state index in [2.05, 4.69) is 21.8 Å². The molecule has 0 aromatic carbocycles. The molecule has 0 bridgehead atoms. The van der Waals surface area contributed by atoms with Gasteiger partial charge in [0.2, 0.25) is 5.95 Å². The van der Waals surface area contributed by atoms with Crippen LogP contribution in [0.25, 0.3) is 0 Å². The van der Waals surface area contributed by atoms with Crippen molar-refractivity contribution in [2.45, 2.75) is 26.2 Å². The van der Waals surface area contributed by atoms with E-state index in [4.69, 9.17) is 5.73 Å². The van der Waals surface area contributed by atoms with Crippen LogP contribution in [-0.2, 0) is 0 Å². The van der Waals surface area contributed by atoms with Gasteiger partial charge in [-0.15, -0.1) is 0 Å². The molecular weight excluding hydrogens is 188 g/mol. The Hall–Kier alpha value is -1.32. The number of aromatic nitrogens is 2. The maximum Gasteiger partial charge on any atom is 0.225 e. The van der Waals surface area contributed by atoms with Crippen molar-refractivity contribution in [2.24, 2.45) is 5.92 Å². The third-order valence-corrected chi connectivity index (χ3v) is 2.92. The first kappa shape index (κ1) is 10.2. The Labute approximate surface area is 90.5 Å². The molecule has 82 valence electrons. The smallest absolute Gasteiger partial charge is 0.225 e. The highest BCUT2D eigenvalue weighted by Gasteiger charge is 2.23. The monoisotopic (exact) mass is 206 g/mol. The average molecular weight is 206 g/mol. The summed E-state index contributed by atoms with van der Waals surface area (Å²) < 4.78 is 0. The van der Waals surface area contributed by atoms with E-state index in [9.17, 15) is 0 Å². The lowest BCUT2D eigenvalue weighted by Gasteiger charge is -2.15. The quantitative estimate of drug-likeness (QED) is 0.817. The van der Waals surface area contributed by atoms with E-state index in [0.717, 1.165) is 25.0 Å². The Morgan fingerprint density at radius 2 is 2.20 bits per heavy atom. The van der Waals surface area contributed by atoms with Crippen molar-refractivity contribution in [3.63, 3.8) is 0 Å². The first-order chi connectivity index (χ1) is 7.29. The molecule has 4 heteroatoms. The summed E-state index contributed by atoms with van der Waals surface area (Å²) >= 11 is 0. The molecule has 1 aliphatic heterocycles. The minimum Gasteiger partial charge on any atom is -0.396 e. The summed E-state index contributed by atoms with van der Waals surface area (Å²) in [6.45, 7) is 4.41. The van der Waals surface area contributed by atoms with Gasteiger partial charge >= 0.3 is 0 Å². The fraction of sp³-hybridized carbons (Fsp3) is 0.636. The number of anilines is 2. The number of nitrogen functional groups attached to an aromatic ring is 1.